The molecule has 2 aromatic carbocycles. The molecule has 7 heteroatoms. The summed E-state index contributed by atoms with van der Waals surface area (Å²) in [6, 6.07) is 11.8. The van der Waals surface area contributed by atoms with Gasteiger partial charge in [-0.3, -0.25) is 9.59 Å². The molecular formula is C17H16BrClN2O3. The monoisotopic (exact) mass is 410 g/mol. The molecule has 1 N–H and O–H groups in total. The van der Waals surface area contributed by atoms with Crippen molar-refractivity contribution < 1.29 is 14.3 Å². The van der Waals surface area contributed by atoms with Crippen molar-refractivity contribution in [2.24, 2.45) is 0 Å². The normalized spacial score (nSPS) is 10.2. The van der Waals surface area contributed by atoms with Gasteiger partial charge in [0.2, 0.25) is 0 Å². The number of ether oxygens (including phenoxy) is 1. The van der Waals surface area contributed by atoms with Crippen molar-refractivity contribution in [3.05, 3.63) is 57.5 Å². The number of amides is 2. The Morgan fingerprint density at radius 3 is 2.62 bits per heavy atom. The first-order valence-corrected chi connectivity index (χ1v) is 8.23. The second kappa shape index (κ2) is 8.17. The summed E-state index contributed by atoms with van der Waals surface area (Å²) in [5.41, 5.74) is 1.03. The molecule has 0 spiro atoms. The Morgan fingerprint density at radius 2 is 1.96 bits per heavy atom. The minimum absolute atomic E-state index is 0.132. The lowest BCUT2D eigenvalue weighted by Gasteiger charge is -2.12. The van der Waals surface area contributed by atoms with Crippen LogP contribution in [0.25, 0.3) is 0 Å². The molecule has 0 aliphatic rings. The van der Waals surface area contributed by atoms with Crippen LogP contribution in [0.15, 0.2) is 46.9 Å². The van der Waals surface area contributed by atoms with Crippen LogP contribution >= 0.6 is 27.5 Å². The molecule has 5 nitrogen and oxygen atoms in total. The van der Waals surface area contributed by atoms with Gasteiger partial charge >= 0.3 is 0 Å². The molecule has 0 radical (unpaired) electrons. The van der Waals surface area contributed by atoms with Gasteiger partial charge in [0.1, 0.15) is 5.75 Å². The molecule has 0 atom stereocenters. The molecule has 0 fully saturated rings. The number of halogens is 2. The molecule has 0 aromatic heterocycles. The molecule has 0 bridgehead atoms. The molecule has 0 aliphatic carbocycles. The number of carbonyl (C=O) groups is 2. The van der Waals surface area contributed by atoms with E-state index >= 15 is 0 Å². The summed E-state index contributed by atoms with van der Waals surface area (Å²) in [6.45, 7) is -0.161. The predicted octanol–water partition coefficient (Wildman–Crippen LogP) is 3.82. The first-order chi connectivity index (χ1) is 11.4. The largest absolute Gasteiger partial charge is 0.483 e. The summed E-state index contributed by atoms with van der Waals surface area (Å²) < 4.78 is 6.12. The van der Waals surface area contributed by atoms with Gasteiger partial charge in [-0.15, -0.1) is 0 Å². The highest BCUT2D eigenvalue weighted by Gasteiger charge is 2.10. The van der Waals surface area contributed by atoms with Crippen molar-refractivity contribution in [1.82, 2.24) is 4.90 Å². The van der Waals surface area contributed by atoms with E-state index in [1.807, 2.05) is 0 Å². The van der Waals surface area contributed by atoms with Gasteiger partial charge in [-0.25, -0.2) is 0 Å². The zero-order valence-electron chi connectivity index (χ0n) is 13.2. The van der Waals surface area contributed by atoms with Gasteiger partial charge in [-0.05, 0) is 52.3 Å². The fraction of sp³-hybridized carbons (Fsp3) is 0.176. The Labute approximate surface area is 153 Å². The zero-order chi connectivity index (χ0) is 17.7. The maximum atomic E-state index is 12.0. The third-order valence-electron chi connectivity index (χ3n) is 3.05. The lowest BCUT2D eigenvalue weighted by Crippen LogP contribution is -2.23. The van der Waals surface area contributed by atoms with Crippen LogP contribution in [0.4, 0.5) is 5.69 Å². The Bertz CT molecular complexity index is 765. The minimum atomic E-state index is -0.327. The first-order valence-electron chi connectivity index (χ1n) is 7.06. The van der Waals surface area contributed by atoms with Crippen molar-refractivity contribution in [2.75, 3.05) is 26.0 Å². The molecule has 2 aromatic rings. The summed E-state index contributed by atoms with van der Waals surface area (Å²) in [4.78, 5) is 25.4. The topological polar surface area (TPSA) is 58.6 Å². The van der Waals surface area contributed by atoms with Crippen LogP contribution in [0.5, 0.6) is 5.75 Å². The van der Waals surface area contributed by atoms with Crippen LogP contribution in [0.2, 0.25) is 5.02 Å². The van der Waals surface area contributed by atoms with E-state index in [9.17, 15) is 9.59 Å². The number of hydrogen-bond donors (Lipinski definition) is 1. The average molecular weight is 412 g/mol. The van der Waals surface area contributed by atoms with E-state index in [4.69, 9.17) is 16.3 Å². The standard InChI is InChI=1S/C17H16BrClN2O3/c1-21(2)17(23)11-4-3-5-13(8-11)20-16(22)10-24-15-7-6-12(19)9-14(15)18/h3-9H,10H2,1-2H3,(H,20,22). The van der Waals surface area contributed by atoms with Crippen molar-refractivity contribution >= 4 is 45.0 Å². The van der Waals surface area contributed by atoms with E-state index in [-0.39, 0.29) is 18.4 Å². The SMILES string of the molecule is CN(C)C(=O)c1cccc(NC(=O)COc2ccc(Cl)cc2Br)c1. The molecule has 2 rings (SSSR count). The lowest BCUT2D eigenvalue weighted by molar-refractivity contribution is -0.118. The van der Waals surface area contributed by atoms with Gasteiger partial charge < -0.3 is 15.0 Å². The van der Waals surface area contributed by atoms with E-state index < -0.39 is 0 Å². The van der Waals surface area contributed by atoms with Crippen LogP contribution in [0.3, 0.4) is 0 Å². The van der Waals surface area contributed by atoms with Crippen LogP contribution in [-0.2, 0) is 4.79 Å². The fourth-order valence-corrected chi connectivity index (χ4v) is 2.72. The third kappa shape index (κ3) is 4.97. The maximum Gasteiger partial charge on any atom is 0.262 e. The summed E-state index contributed by atoms with van der Waals surface area (Å²) in [7, 11) is 3.34. The number of carbonyl (C=O) groups excluding carboxylic acids is 2. The highest BCUT2D eigenvalue weighted by molar-refractivity contribution is 9.10. The highest BCUT2D eigenvalue weighted by atomic mass is 79.9. The molecule has 0 saturated heterocycles. The van der Waals surface area contributed by atoms with Gasteiger partial charge in [0.15, 0.2) is 6.61 Å². The van der Waals surface area contributed by atoms with Gasteiger partial charge in [0, 0.05) is 30.4 Å². The zero-order valence-corrected chi connectivity index (χ0v) is 15.5. The predicted molar refractivity (Wildman–Crippen MR) is 97.7 cm³/mol. The number of rotatable bonds is 5. The smallest absolute Gasteiger partial charge is 0.262 e. The molecule has 0 unspecified atom stereocenters. The van der Waals surface area contributed by atoms with Crippen molar-refractivity contribution in [3.63, 3.8) is 0 Å². The van der Waals surface area contributed by atoms with Gasteiger partial charge in [-0.2, -0.15) is 0 Å². The number of nitrogens with one attached hydrogen (secondary N) is 1. The summed E-state index contributed by atoms with van der Waals surface area (Å²) in [6.07, 6.45) is 0. The van der Waals surface area contributed by atoms with Crippen molar-refractivity contribution in [3.8, 4) is 5.75 Å². The lowest BCUT2D eigenvalue weighted by atomic mass is 10.2. The molecule has 24 heavy (non-hydrogen) atoms. The second-order valence-electron chi connectivity index (χ2n) is 5.19. The van der Waals surface area contributed by atoms with Crippen LogP contribution < -0.4 is 10.1 Å². The number of benzene rings is 2. The Hall–Kier alpha value is -2.05. The maximum absolute atomic E-state index is 12.0. The van der Waals surface area contributed by atoms with Gasteiger partial charge in [-0.1, -0.05) is 17.7 Å². The molecule has 126 valence electrons. The molecular weight excluding hydrogens is 396 g/mol. The van der Waals surface area contributed by atoms with Crippen LogP contribution in [0.1, 0.15) is 10.4 Å². The van der Waals surface area contributed by atoms with Gasteiger partial charge in [0.05, 0.1) is 4.47 Å². The molecule has 0 saturated carbocycles. The molecule has 0 aliphatic heterocycles. The molecule has 0 heterocycles. The highest BCUT2D eigenvalue weighted by Crippen LogP contribution is 2.27. The van der Waals surface area contributed by atoms with Crippen molar-refractivity contribution in [1.29, 1.82) is 0 Å². The van der Waals surface area contributed by atoms with E-state index in [0.717, 1.165) is 0 Å². The van der Waals surface area contributed by atoms with E-state index in [2.05, 4.69) is 21.2 Å². The number of hydrogen-bond acceptors (Lipinski definition) is 3. The third-order valence-corrected chi connectivity index (χ3v) is 3.91. The van der Waals surface area contributed by atoms with E-state index in [1.165, 1.54) is 4.90 Å². The summed E-state index contributed by atoms with van der Waals surface area (Å²) in [5, 5.41) is 3.27. The van der Waals surface area contributed by atoms with E-state index in [0.29, 0.717) is 26.5 Å². The Balaban J connectivity index is 1.97. The minimum Gasteiger partial charge on any atom is -0.483 e. The number of anilines is 1. The summed E-state index contributed by atoms with van der Waals surface area (Å²) in [5.74, 6) is 0.0600. The Morgan fingerprint density at radius 1 is 1.21 bits per heavy atom. The van der Waals surface area contributed by atoms with Crippen LogP contribution in [0, 0.1) is 0 Å². The summed E-state index contributed by atoms with van der Waals surface area (Å²) >= 11 is 9.17. The quantitative estimate of drug-likeness (QED) is 0.813. The van der Waals surface area contributed by atoms with Crippen LogP contribution in [-0.4, -0.2) is 37.4 Å². The van der Waals surface area contributed by atoms with Gasteiger partial charge in [0.25, 0.3) is 11.8 Å². The fourth-order valence-electron chi connectivity index (χ4n) is 1.92. The Kier molecular flexibility index (Phi) is 6.23. The molecule has 2 amide bonds. The average Bonchev–Trinajstić information content (AvgIpc) is 2.53. The van der Waals surface area contributed by atoms with E-state index in [1.54, 1.807) is 56.6 Å². The number of nitrogens with zero attached hydrogens (tertiary/aromatic N) is 1. The first kappa shape index (κ1) is 18.3. The van der Waals surface area contributed by atoms with Crippen molar-refractivity contribution in [2.45, 2.75) is 0 Å². The second-order valence-corrected chi connectivity index (χ2v) is 6.48.